The minimum Gasteiger partial charge on any atom is -0.369 e. The predicted molar refractivity (Wildman–Crippen MR) is 82.1 cm³/mol. The maximum atomic E-state index is 11.9. The molecule has 0 aromatic rings. The van der Waals surface area contributed by atoms with Gasteiger partial charge < -0.3 is 16.4 Å². The van der Waals surface area contributed by atoms with E-state index >= 15 is 0 Å². The van der Waals surface area contributed by atoms with Crippen molar-refractivity contribution in [2.75, 3.05) is 25.4 Å². The molecule has 1 aliphatic heterocycles. The minimum atomic E-state index is -3.39. The highest BCUT2D eigenvalue weighted by Crippen LogP contribution is 2.10. The van der Waals surface area contributed by atoms with Crippen LogP contribution in [0.15, 0.2) is 4.99 Å². The summed E-state index contributed by atoms with van der Waals surface area (Å²) in [6, 6.07) is -0.521. The fraction of sp³-hybridized carbons (Fsp3) is 0.833. The molecule has 0 unspecified atom stereocenters. The second-order valence-corrected chi connectivity index (χ2v) is 7.06. The van der Waals surface area contributed by atoms with E-state index in [4.69, 9.17) is 11.5 Å². The highest BCUT2D eigenvalue weighted by Gasteiger charge is 2.22. The van der Waals surface area contributed by atoms with Gasteiger partial charge in [0.15, 0.2) is 0 Å². The van der Waals surface area contributed by atoms with E-state index in [-0.39, 0.29) is 17.6 Å². The van der Waals surface area contributed by atoms with Crippen molar-refractivity contribution < 1.29 is 13.2 Å². The summed E-state index contributed by atoms with van der Waals surface area (Å²) in [6.07, 6.45) is 3.16. The molecule has 1 amide bonds. The highest BCUT2D eigenvalue weighted by atomic mass is 32.2. The van der Waals surface area contributed by atoms with Crippen LogP contribution in [0.4, 0.5) is 0 Å². The minimum absolute atomic E-state index is 0.0175. The van der Waals surface area contributed by atoms with E-state index < -0.39 is 16.1 Å². The molecule has 0 aromatic carbocycles. The van der Waals surface area contributed by atoms with Gasteiger partial charge in [0.2, 0.25) is 21.9 Å². The molecule has 1 saturated heterocycles. The molecular weight excluding hydrogens is 294 g/mol. The molecule has 8 nitrogen and oxygen atoms in total. The van der Waals surface area contributed by atoms with Crippen LogP contribution in [0.25, 0.3) is 0 Å². The van der Waals surface area contributed by atoms with Crippen LogP contribution in [-0.4, -0.2) is 56.6 Å². The Bertz CT molecular complexity index is 471. The van der Waals surface area contributed by atoms with Crippen LogP contribution < -0.4 is 16.2 Å². The molecule has 0 radical (unpaired) electrons. The number of guanidine groups is 1. The van der Waals surface area contributed by atoms with Gasteiger partial charge in [-0.1, -0.05) is 0 Å². The molecule has 0 aliphatic carbocycles. The quantitative estimate of drug-likeness (QED) is 0.314. The number of nitrogens with zero attached hydrogens (tertiary/aromatic N) is 2. The zero-order valence-electron chi connectivity index (χ0n) is 12.4. The van der Waals surface area contributed by atoms with Crippen molar-refractivity contribution in [3.8, 4) is 0 Å². The number of carbonyl (C=O) groups excluding carboxylic acids is 1. The second-order valence-electron chi connectivity index (χ2n) is 5.05. The number of rotatable bonds is 7. The summed E-state index contributed by atoms with van der Waals surface area (Å²) in [4.78, 5) is 17.6. The normalized spacial score (nSPS) is 17.8. The zero-order chi connectivity index (χ0) is 15.9. The first-order chi connectivity index (χ1) is 9.85. The Kier molecular flexibility index (Phi) is 6.90. The summed E-state index contributed by atoms with van der Waals surface area (Å²) < 4.78 is 24.6. The third-order valence-electron chi connectivity index (χ3n) is 3.33. The van der Waals surface area contributed by atoms with Crippen molar-refractivity contribution in [3.63, 3.8) is 0 Å². The number of nitrogens with two attached hydrogens (primary N) is 2. The van der Waals surface area contributed by atoms with Crippen molar-refractivity contribution in [1.29, 1.82) is 0 Å². The lowest BCUT2D eigenvalue weighted by Gasteiger charge is -2.19. The molecule has 21 heavy (non-hydrogen) atoms. The highest BCUT2D eigenvalue weighted by molar-refractivity contribution is 7.90. The van der Waals surface area contributed by atoms with E-state index in [0.29, 0.717) is 19.4 Å². The first-order valence-electron chi connectivity index (χ1n) is 7.20. The van der Waals surface area contributed by atoms with Crippen LogP contribution in [-0.2, 0) is 14.8 Å². The van der Waals surface area contributed by atoms with E-state index in [1.165, 1.54) is 6.92 Å². The van der Waals surface area contributed by atoms with Crippen molar-refractivity contribution in [2.24, 2.45) is 16.5 Å². The SMILES string of the molecule is CCS(=O)(=O)NC(N)=NCCC[C@@H](N)C(=O)N1CCCC1. The molecule has 0 aromatic heterocycles. The molecule has 1 atom stereocenters. The maximum absolute atomic E-state index is 11.9. The van der Waals surface area contributed by atoms with E-state index in [0.717, 1.165) is 25.9 Å². The fourth-order valence-corrected chi connectivity index (χ4v) is 2.60. The van der Waals surface area contributed by atoms with E-state index in [2.05, 4.69) is 9.71 Å². The molecule has 5 N–H and O–H groups in total. The largest absolute Gasteiger partial charge is 0.369 e. The first kappa shape index (κ1) is 17.7. The van der Waals surface area contributed by atoms with Crippen molar-refractivity contribution >= 4 is 21.9 Å². The van der Waals surface area contributed by atoms with Gasteiger partial charge in [-0.25, -0.2) is 8.42 Å². The number of aliphatic imine (C=N–C) groups is 1. The van der Waals surface area contributed by atoms with Gasteiger partial charge in [0.1, 0.15) is 0 Å². The van der Waals surface area contributed by atoms with Gasteiger partial charge in [0, 0.05) is 19.6 Å². The Morgan fingerprint density at radius 3 is 2.57 bits per heavy atom. The van der Waals surface area contributed by atoms with Crippen LogP contribution in [0.2, 0.25) is 0 Å². The predicted octanol–water partition coefficient (Wildman–Crippen LogP) is -1.03. The monoisotopic (exact) mass is 319 g/mol. The molecule has 1 aliphatic rings. The molecule has 0 saturated carbocycles. The van der Waals surface area contributed by atoms with Crippen molar-refractivity contribution in [2.45, 2.75) is 38.6 Å². The number of likely N-dealkylation sites (tertiary alicyclic amines) is 1. The number of sulfonamides is 1. The fourth-order valence-electron chi connectivity index (χ4n) is 2.07. The van der Waals surface area contributed by atoms with Gasteiger partial charge in [-0.3, -0.25) is 14.5 Å². The lowest BCUT2D eigenvalue weighted by atomic mass is 10.1. The van der Waals surface area contributed by atoms with E-state index in [1.807, 2.05) is 0 Å². The Labute approximate surface area is 126 Å². The van der Waals surface area contributed by atoms with Crippen LogP contribution in [0, 0.1) is 0 Å². The summed E-state index contributed by atoms with van der Waals surface area (Å²) in [6.45, 7) is 3.42. The van der Waals surface area contributed by atoms with Gasteiger partial charge in [-0.2, -0.15) is 0 Å². The maximum Gasteiger partial charge on any atom is 0.239 e. The molecule has 122 valence electrons. The van der Waals surface area contributed by atoms with Crippen LogP contribution in [0.1, 0.15) is 32.6 Å². The lowest BCUT2D eigenvalue weighted by molar-refractivity contribution is -0.131. The molecule has 1 heterocycles. The summed E-state index contributed by atoms with van der Waals surface area (Å²) >= 11 is 0. The average Bonchev–Trinajstić information content (AvgIpc) is 2.96. The number of carbonyl (C=O) groups is 1. The van der Waals surface area contributed by atoms with Gasteiger partial charge in [-0.05, 0) is 32.6 Å². The standard InChI is InChI=1S/C12H25N5O3S/c1-2-21(19,20)16-12(14)15-7-5-6-10(13)11(18)17-8-3-4-9-17/h10H,2-9,13H2,1H3,(H3,14,15,16)/t10-/m1/s1. The average molecular weight is 319 g/mol. The van der Waals surface area contributed by atoms with E-state index in [9.17, 15) is 13.2 Å². The Morgan fingerprint density at radius 1 is 1.38 bits per heavy atom. The summed E-state index contributed by atoms with van der Waals surface area (Å²) in [5.74, 6) is -0.203. The van der Waals surface area contributed by atoms with Gasteiger partial charge in [0.25, 0.3) is 0 Å². The van der Waals surface area contributed by atoms with Gasteiger partial charge >= 0.3 is 0 Å². The van der Waals surface area contributed by atoms with Crippen molar-refractivity contribution in [1.82, 2.24) is 9.62 Å². The smallest absolute Gasteiger partial charge is 0.239 e. The van der Waals surface area contributed by atoms with Gasteiger partial charge in [0.05, 0.1) is 11.8 Å². The van der Waals surface area contributed by atoms with E-state index in [1.54, 1.807) is 4.90 Å². The zero-order valence-corrected chi connectivity index (χ0v) is 13.2. The molecule has 1 rings (SSSR count). The molecule has 1 fully saturated rings. The van der Waals surface area contributed by atoms with Crippen LogP contribution in [0.5, 0.6) is 0 Å². The van der Waals surface area contributed by atoms with Gasteiger partial charge in [-0.15, -0.1) is 0 Å². The number of nitrogens with one attached hydrogen (secondary N) is 1. The third kappa shape index (κ3) is 6.30. The summed E-state index contributed by atoms with van der Waals surface area (Å²) in [5, 5.41) is 0. The second kappa shape index (κ2) is 8.18. The van der Waals surface area contributed by atoms with Crippen LogP contribution in [0.3, 0.4) is 0 Å². The summed E-state index contributed by atoms with van der Waals surface area (Å²) in [7, 11) is -3.39. The van der Waals surface area contributed by atoms with Crippen LogP contribution >= 0.6 is 0 Å². The Morgan fingerprint density at radius 2 is 2.00 bits per heavy atom. The number of hydrogen-bond donors (Lipinski definition) is 3. The molecule has 0 spiro atoms. The third-order valence-corrected chi connectivity index (χ3v) is 4.61. The molecular formula is C12H25N5O3S. The Hall–Kier alpha value is -1.35. The topological polar surface area (TPSA) is 131 Å². The lowest BCUT2D eigenvalue weighted by Crippen LogP contribution is -2.42. The first-order valence-corrected chi connectivity index (χ1v) is 8.85. The number of amides is 1. The molecule has 0 bridgehead atoms. The van der Waals surface area contributed by atoms with Crippen molar-refractivity contribution in [3.05, 3.63) is 0 Å². The molecule has 9 heteroatoms. The number of hydrogen-bond acceptors (Lipinski definition) is 5. The Balaban J connectivity index is 2.28. The summed E-state index contributed by atoms with van der Waals surface area (Å²) in [5.41, 5.74) is 11.3.